The van der Waals surface area contributed by atoms with E-state index in [1.54, 1.807) is 0 Å². The standard InChI is InChI=1S/C7H5N5O4S/c8-6-10-11-7(17-6)9-5(13)3-1-2-4(16-3)12(14)15/h1-2H,(H2,8,10)(H,9,11,13). The molecular formula is C7H5N5O4S. The van der Waals surface area contributed by atoms with Crippen molar-refractivity contribution in [3.63, 3.8) is 0 Å². The Balaban J connectivity index is 2.11. The zero-order chi connectivity index (χ0) is 12.4. The Morgan fingerprint density at radius 3 is 2.82 bits per heavy atom. The van der Waals surface area contributed by atoms with Crippen LogP contribution in [-0.4, -0.2) is 21.0 Å². The van der Waals surface area contributed by atoms with Gasteiger partial charge in [-0.15, -0.1) is 10.2 Å². The first-order valence-electron chi connectivity index (χ1n) is 4.21. The second-order valence-corrected chi connectivity index (χ2v) is 3.80. The van der Waals surface area contributed by atoms with Crippen LogP contribution < -0.4 is 11.1 Å². The minimum Gasteiger partial charge on any atom is -0.395 e. The third kappa shape index (κ3) is 2.36. The molecule has 0 bridgehead atoms. The third-order valence-corrected chi connectivity index (χ3v) is 2.32. The van der Waals surface area contributed by atoms with E-state index in [1.807, 2.05) is 0 Å². The molecule has 1 amide bonds. The monoisotopic (exact) mass is 255 g/mol. The summed E-state index contributed by atoms with van der Waals surface area (Å²) < 4.78 is 4.70. The van der Waals surface area contributed by atoms with Gasteiger partial charge in [-0.2, -0.15) is 0 Å². The fourth-order valence-electron chi connectivity index (χ4n) is 0.992. The average Bonchev–Trinajstić information content (AvgIpc) is 2.86. The molecule has 0 atom stereocenters. The normalized spacial score (nSPS) is 10.1. The van der Waals surface area contributed by atoms with Gasteiger partial charge < -0.3 is 10.2 Å². The molecular weight excluding hydrogens is 250 g/mol. The van der Waals surface area contributed by atoms with E-state index in [-0.39, 0.29) is 16.0 Å². The molecule has 0 aliphatic carbocycles. The first-order valence-corrected chi connectivity index (χ1v) is 5.02. The maximum Gasteiger partial charge on any atom is 0.433 e. The Labute approximate surface area is 97.4 Å². The Bertz CT molecular complexity index is 576. The fourth-order valence-corrected chi connectivity index (χ4v) is 1.50. The van der Waals surface area contributed by atoms with Crippen molar-refractivity contribution in [1.29, 1.82) is 0 Å². The van der Waals surface area contributed by atoms with Crippen molar-refractivity contribution in [2.24, 2.45) is 0 Å². The maximum absolute atomic E-state index is 11.5. The van der Waals surface area contributed by atoms with Crippen LogP contribution in [0.4, 0.5) is 16.1 Å². The van der Waals surface area contributed by atoms with Crippen molar-refractivity contribution in [3.8, 4) is 0 Å². The molecule has 2 aromatic heterocycles. The second-order valence-electron chi connectivity index (χ2n) is 2.79. The predicted molar refractivity (Wildman–Crippen MR) is 57.6 cm³/mol. The number of rotatable bonds is 3. The molecule has 0 radical (unpaired) electrons. The van der Waals surface area contributed by atoms with Crippen LogP contribution in [0.3, 0.4) is 0 Å². The summed E-state index contributed by atoms with van der Waals surface area (Å²) in [6, 6.07) is 2.28. The summed E-state index contributed by atoms with van der Waals surface area (Å²) in [5.41, 5.74) is 5.32. The number of anilines is 2. The lowest BCUT2D eigenvalue weighted by Gasteiger charge is -1.95. The van der Waals surface area contributed by atoms with Crippen LogP contribution in [0.2, 0.25) is 0 Å². The number of nitrogens with two attached hydrogens (primary N) is 1. The van der Waals surface area contributed by atoms with Crippen LogP contribution >= 0.6 is 11.3 Å². The van der Waals surface area contributed by atoms with Gasteiger partial charge in [-0.25, -0.2) is 0 Å². The fraction of sp³-hybridized carbons (Fsp3) is 0. The largest absolute Gasteiger partial charge is 0.433 e. The Hall–Kier alpha value is -2.49. The van der Waals surface area contributed by atoms with Crippen molar-refractivity contribution >= 4 is 33.4 Å². The average molecular weight is 255 g/mol. The third-order valence-electron chi connectivity index (χ3n) is 1.66. The number of nitrogens with one attached hydrogen (secondary N) is 1. The van der Waals surface area contributed by atoms with E-state index in [0.29, 0.717) is 0 Å². The number of carbonyl (C=O) groups is 1. The summed E-state index contributed by atoms with van der Waals surface area (Å²) in [6.07, 6.45) is 0. The molecule has 10 heteroatoms. The lowest BCUT2D eigenvalue weighted by atomic mass is 10.4. The molecule has 0 fully saturated rings. The Kier molecular flexibility index (Phi) is 2.70. The summed E-state index contributed by atoms with van der Waals surface area (Å²) in [5.74, 6) is -1.35. The summed E-state index contributed by atoms with van der Waals surface area (Å²) in [6.45, 7) is 0. The van der Waals surface area contributed by atoms with Crippen molar-refractivity contribution in [1.82, 2.24) is 10.2 Å². The number of nitrogens with zero attached hydrogens (tertiary/aromatic N) is 3. The van der Waals surface area contributed by atoms with Gasteiger partial charge in [-0.1, -0.05) is 11.3 Å². The van der Waals surface area contributed by atoms with Crippen LogP contribution in [0.1, 0.15) is 10.6 Å². The molecule has 0 aromatic carbocycles. The van der Waals surface area contributed by atoms with Crippen molar-refractivity contribution in [3.05, 3.63) is 28.0 Å². The smallest absolute Gasteiger partial charge is 0.395 e. The summed E-state index contributed by atoms with van der Waals surface area (Å²) >= 11 is 0.972. The second kappa shape index (κ2) is 4.17. The summed E-state index contributed by atoms with van der Waals surface area (Å²) in [5, 5.41) is 20.1. The topological polar surface area (TPSA) is 137 Å². The summed E-state index contributed by atoms with van der Waals surface area (Å²) in [7, 11) is 0. The van der Waals surface area contributed by atoms with E-state index < -0.39 is 16.7 Å². The highest BCUT2D eigenvalue weighted by atomic mass is 32.1. The van der Waals surface area contributed by atoms with E-state index in [1.165, 1.54) is 6.07 Å². The molecule has 0 saturated carbocycles. The number of aromatic nitrogens is 2. The van der Waals surface area contributed by atoms with E-state index in [9.17, 15) is 14.9 Å². The molecule has 3 N–H and O–H groups in total. The molecule has 0 unspecified atom stereocenters. The number of furan rings is 1. The van der Waals surface area contributed by atoms with Gasteiger partial charge in [-0.05, 0) is 6.07 Å². The van der Waals surface area contributed by atoms with Crippen LogP contribution in [0, 0.1) is 10.1 Å². The highest BCUT2D eigenvalue weighted by molar-refractivity contribution is 7.19. The molecule has 0 spiro atoms. The van der Waals surface area contributed by atoms with Gasteiger partial charge in [0.1, 0.15) is 4.92 Å². The number of amides is 1. The van der Waals surface area contributed by atoms with Crippen LogP contribution in [0.15, 0.2) is 16.5 Å². The molecule has 0 saturated heterocycles. The van der Waals surface area contributed by atoms with Crippen molar-refractivity contribution in [2.75, 3.05) is 11.1 Å². The van der Waals surface area contributed by atoms with Gasteiger partial charge in [-0.3, -0.25) is 20.2 Å². The van der Waals surface area contributed by atoms with Crippen molar-refractivity contribution < 1.29 is 14.1 Å². The molecule has 9 nitrogen and oxygen atoms in total. The highest BCUT2D eigenvalue weighted by Gasteiger charge is 2.18. The number of nitro groups is 1. The van der Waals surface area contributed by atoms with Gasteiger partial charge in [0.25, 0.3) is 5.91 Å². The van der Waals surface area contributed by atoms with Crippen LogP contribution in [0.25, 0.3) is 0 Å². The van der Waals surface area contributed by atoms with Gasteiger partial charge in [0.05, 0.1) is 6.07 Å². The maximum atomic E-state index is 11.5. The van der Waals surface area contributed by atoms with E-state index in [0.717, 1.165) is 17.4 Å². The number of hydrogen-bond acceptors (Lipinski definition) is 8. The molecule has 2 aromatic rings. The first kappa shape index (κ1) is 11.0. The molecule has 88 valence electrons. The lowest BCUT2D eigenvalue weighted by molar-refractivity contribution is -0.402. The van der Waals surface area contributed by atoms with Crippen LogP contribution in [-0.2, 0) is 0 Å². The first-order chi connectivity index (χ1) is 8.06. The zero-order valence-corrected chi connectivity index (χ0v) is 8.93. The molecule has 17 heavy (non-hydrogen) atoms. The zero-order valence-electron chi connectivity index (χ0n) is 8.11. The van der Waals surface area contributed by atoms with Crippen molar-refractivity contribution in [2.45, 2.75) is 0 Å². The molecule has 0 aliphatic rings. The SMILES string of the molecule is Nc1nnc(NC(=O)c2ccc([N+](=O)[O-])o2)s1. The van der Waals surface area contributed by atoms with E-state index in [4.69, 9.17) is 10.2 Å². The van der Waals surface area contributed by atoms with Gasteiger partial charge >= 0.3 is 5.88 Å². The predicted octanol–water partition coefficient (Wildman–Crippen LogP) is 0.874. The Morgan fingerprint density at radius 2 is 2.29 bits per heavy atom. The van der Waals surface area contributed by atoms with Gasteiger partial charge in [0.2, 0.25) is 10.3 Å². The minimum atomic E-state index is -0.736. The van der Waals surface area contributed by atoms with Gasteiger partial charge in [0.15, 0.2) is 5.76 Å². The molecule has 0 aliphatic heterocycles. The lowest BCUT2D eigenvalue weighted by Crippen LogP contribution is -2.10. The molecule has 2 rings (SSSR count). The minimum absolute atomic E-state index is 0.187. The molecule has 2 heterocycles. The highest BCUT2D eigenvalue weighted by Crippen LogP contribution is 2.19. The number of nitrogen functional groups attached to an aromatic ring is 1. The van der Waals surface area contributed by atoms with E-state index in [2.05, 4.69) is 15.5 Å². The quantitative estimate of drug-likeness (QED) is 0.613. The number of hydrogen-bond donors (Lipinski definition) is 2. The Morgan fingerprint density at radius 1 is 1.53 bits per heavy atom. The summed E-state index contributed by atoms with van der Waals surface area (Å²) in [4.78, 5) is 21.1. The van der Waals surface area contributed by atoms with Gasteiger partial charge in [0, 0.05) is 0 Å². The number of carbonyl (C=O) groups excluding carboxylic acids is 1. The van der Waals surface area contributed by atoms with Crippen LogP contribution in [0.5, 0.6) is 0 Å². The van der Waals surface area contributed by atoms with E-state index >= 15 is 0 Å².